The molecule has 0 bridgehead atoms. The van der Waals surface area contributed by atoms with E-state index in [0.717, 1.165) is 0 Å². The van der Waals surface area contributed by atoms with Crippen LogP contribution >= 0.6 is 0 Å². The number of nitrogens with zero attached hydrogens (tertiary/aromatic N) is 1. The Balaban J connectivity index is 2.68. The predicted molar refractivity (Wildman–Crippen MR) is 72.0 cm³/mol. The molecule has 5 nitrogen and oxygen atoms in total. The van der Waals surface area contributed by atoms with Crippen molar-refractivity contribution in [2.45, 2.75) is 26.4 Å². The van der Waals surface area contributed by atoms with Crippen LogP contribution in [0.4, 0.5) is 5.69 Å². The zero-order chi connectivity index (χ0) is 14.5. The Kier molecular flexibility index (Phi) is 4.76. The van der Waals surface area contributed by atoms with Gasteiger partial charge in [0.05, 0.1) is 24.4 Å². The van der Waals surface area contributed by atoms with Crippen molar-refractivity contribution in [2.24, 2.45) is 0 Å². The van der Waals surface area contributed by atoms with Crippen LogP contribution in [0.15, 0.2) is 18.2 Å². The fraction of sp³-hybridized carbons (Fsp3) is 0.429. The molecule has 0 saturated heterocycles. The maximum Gasteiger partial charge on any atom is 0.325 e. The molecule has 0 amide bonds. The summed E-state index contributed by atoms with van der Waals surface area (Å²) in [6.45, 7) is 5.48. The van der Waals surface area contributed by atoms with Gasteiger partial charge in [0.2, 0.25) is 0 Å². The van der Waals surface area contributed by atoms with Gasteiger partial charge in [-0.1, -0.05) is 0 Å². The molecule has 0 atom stereocenters. The Morgan fingerprint density at radius 1 is 1.42 bits per heavy atom. The first-order valence-corrected chi connectivity index (χ1v) is 5.89. The Bertz CT molecular complexity index is 498. The van der Waals surface area contributed by atoms with E-state index in [1.807, 2.05) is 26.8 Å². The van der Waals surface area contributed by atoms with Crippen molar-refractivity contribution in [1.82, 2.24) is 0 Å². The Hall–Kier alpha value is -2.22. The highest BCUT2D eigenvalue weighted by Crippen LogP contribution is 2.25. The normalized spacial score (nSPS) is 10.5. The summed E-state index contributed by atoms with van der Waals surface area (Å²) in [5, 5.41) is 11.7. The first kappa shape index (κ1) is 14.8. The topological polar surface area (TPSA) is 71.3 Å². The van der Waals surface area contributed by atoms with Crippen LogP contribution in [-0.2, 0) is 9.53 Å². The van der Waals surface area contributed by atoms with E-state index >= 15 is 0 Å². The van der Waals surface area contributed by atoms with E-state index in [1.54, 1.807) is 18.2 Å². The SMILES string of the molecule is COc1cc(C#N)ccc1NCC(=O)OC(C)(C)C. The second-order valence-electron chi connectivity index (χ2n) is 4.97. The molecule has 5 heteroatoms. The zero-order valence-electron chi connectivity index (χ0n) is 11.6. The Morgan fingerprint density at radius 3 is 2.63 bits per heavy atom. The van der Waals surface area contributed by atoms with Crippen LogP contribution in [-0.4, -0.2) is 25.2 Å². The van der Waals surface area contributed by atoms with E-state index in [1.165, 1.54) is 7.11 Å². The van der Waals surface area contributed by atoms with Crippen LogP contribution in [0.5, 0.6) is 5.75 Å². The lowest BCUT2D eigenvalue weighted by atomic mass is 10.2. The smallest absolute Gasteiger partial charge is 0.325 e. The minimum atomic E-state index is -0.506. The molecule has 0 unspecified atom stereocenters. The molecular weight excluding hydrogens is 244 g/mol. The number of esters is 1. The van der Waals surface area contributed by atoms with Gasteiger partial charge >= 0.3 is 5.97 Å². The van der Waals surface area contributed by atoms with E-state index in [9.17, 15) is 4.79 Å². The quantitative estimate of drug-likeness (QED) is 0.843. The monoisotopic (exact) mass is 262 g/mol. The van der Waals surface area contributed by atoms with Gasteiger partial charge in [0, 0.05) is 6.07 Å². The molecule has 1 aromatic carbocycles. The Morgan fingerprint density at radius 2 is 2.11 bits per heavy atom. The van der Waals surface area contributed by atoms with E-state index in [4.69, 9.17) is 14.7 Å². The number of benzene rings is 1. The number of carbonyl (C=O) groups excluding carboxylic acids is 1. The van der Waals surface area contributed by atoms with Gasteiger partial charge in [-0.15, -0.1) is 0 Å². The van der Waals surface area contributed by atoms with Crippen molar-refractivity contribution in [2.75, 3.05) is 19.0 Å². The molecule has 102 valence electrons. The molecule has 0 aliphatic rings. The fourth-order valence-electron chi connectivity index (χ4n) is 1.45. The molecule has 1 rings (SSSR count). The summed E-state index contributed by atoms with van der Waals surface area (Å²) in [5.41, 5.74) is 0.639. The lowest BCUT2D eigenvalue weighted by molar-refractivity contribution is -0.152. The summed E-state index contributed by atoms with van der Waals surface area (Å²) in [5.74, 6) is 0.168. The van der Waals surface area contributed by atoms with Gasteiger partial charge in [0.25, 0.3) is 0 Å². The maximum atomic E-state index is 11.6. The predicted octanol–water partition coefficient (Wildman–Crippen LogP) is 2.32. The summed E-state index contributed by atoms with van der Waals surface area (Å²) in [4.78, 5) is 11.6. The molecule has 0 radical (unpaired) electrons. The molecule has 0 aliphatic carbocycles. The van der Waals surface area contributed by atoms with E-state index < -0.39 is 5.60 Å². The third kappa shape index (κ3) is 4.88. The van der Waals surface area contributed by atoms with Crippen LogP contribution in [0.25, 0.3) is 0 Å². The summed E-state index contributed by atoms with van der Waals surface area (Å²) >= 11 is 0. The van der Waals surface area contributed by atoms with Crippen molar-refractivity contribution in [3.8, 4) is 11.8 Å². The number of methoxy groups -OCH3 is 1. The summed E-state index contributed by atoms with van der Waals surface area (Å²) < 4.78 is 10.3. The number of hydrogen-bond donors (Lipinski definition) is 1. The van der Waals surface area contributed by atoms with Gasteiger partial charge in [-0.2, -0.15) is 5.26 Å². The van der Waals surface area contributed by atoms with E-state index in [2.05, 4.69) is 5.32 Å². The Labute approximate surface area is 113 Å². The second-order valence-corrected chi connectivity index (χ2v) is 4.97. The number of rotatable bonds is 4. The molecule has 1 N–H and O–H groups in total. The molecule has 19 heavy (non-hydrogen) atoms. The lowest BCUT2D eigenvalue weighted by Crippen LogP contribution is -2.28. The van der Waals surface area contributed by atoms with Crippen molar-refractivity contribution in [1.29, 1.82) is 5.26 Å². The zero-order valence-corrected chi connectivity index (χ0v) is 11.6. The molecule has 0 saturated carbocycles. The van der Waals surface area contributed by atoms with Crippen LogP contribution in [0, 0.1) is 11.3 Å². The highest BCUT2D eigenvalue weighted by Gasteiger charge is 2.16. The van der Waals surface area contributed by atoms with Crippen LogP contribution in [0.1, 0.15) is 26.3 Å². The van der Waals surface area contributed by atoms with Crippen molar-refractivity contribution in [3.63, 3.8) is 0 Å². The van der Waals surface area contributed by atoms with Gasteiger partial charge in [-0.05, 0) is 32.9 Å². The third-order valence-electron chi connectivity index (χ3n) is 2.17. The van der Waals surface area contributed by atoms with Gasteiger partial charge < -0.3 is 14.8 Å². The molecule has 0 aromatic heterocycles. The molecule has 0 aliphatic heterocycles. The minimum absolute atomic E-state index is 0.0412. The summed E-state index contributed by atoms with van der Waals surface area (Å²) in [6, 6.07) is 6.98. The number of nitriles is 1. The lowest BCUT2D eigenvalue weighted by Gasteiger charge is -2.20. The number of hydrogen-bond acceptors (Lipinski definition) is 5. The van der Waals surface area contributed by atoms with Crippen molar-refractivity contribution >= 4 is 11.7 Å². The van der Waals surface area contributed by atoms with Gasteiger partial charge in [-0.25, -0.2) is 0 Å². The minimum Gasteiger partial charge on any atom is -0.495 e. The number of carbonyl (C=O) groups is 1. The number of ether oxygens (including phenoxy) is 2. The highest BCUT2D eigenvalue weighted by molar-refractivity contribution is 5.76. The largest absolute Gasteiger partial charge is 0.495 e. The molecule has 0 fully saturated rings. The first-order valence-electron chi connectivity index (χ1n) is 5.89. The average Bonchev–Trinajstić information content (AvgIpc) is 2.34. The molecule has 0 spiro atoms. The van der Waals surface area contributed by atoms with Crippen molar-refractivity contribution < 1.29 is 14.3 Å². The number of anilines is 1. The molecular formula is C14H18N2O3. The standard InChI is InChI=1S/C14H18N2O3/c1-14(2,3)19-13(17)9-16-11-6-5-10(8-15)7-12(11)18-4/h5-7,16H,9H2,1-4H3. The maximum absolute atomic E-state index is 11.6. The van der Waals surface area contributed by atoms with Crippen LogP contribution < -0.4 is 10.1 Å². The van der Waals surface area contributed by atoms with E-state index in [0.29, 0.717) is 17.0 Å². The second kappa shape index (κ2) is 6.10. The summed E-state index contributed by atoms with van der Waals surface area (Å²) in [6.07, 6.45) is 0. The summed E-state index contributed by atoms with van der Waals surface area (Å²) in [7, 11) is 1.51. The van der Waals surface area contributed by atoms with Crippen molar-refractivity contribution in [3.05, 3.63) is 23.8 Å². The van der Waals surface area contributed by atoms with Crippen LogP contribution in [0.3, 0.4) is 0 Å². The van der Waals surface area contributed by atoms with Gasteiger partial charge in [0.1, 0.15) is 17.9 Å². The van der Waals surface area contributed by atoms with Gasteiger partial charge in [0.15, 0.2) is 0 Å². The molecule has 1 aromatic rings. The average molecular weight is 262 g/mol. The van der Waals surface area contributed by atoms with Gasteiger partial charge in [-0.3, -0.25) is 4.79 Å². The highest BCUT2D eigenvalue weighted by atomic mass is 16.6. The molecule has 0 heterocycles. The van der Waals surface area contributed by atoms with E-state index in [-0.39, 0.29) is 12.5 Å². The fourth-order valence-corrected chi connectivity index (χ4v) is 1.45. The number of nitrogens with one attached hydrogen (secondary N) is 1. The first-order chi connectivity index (χ1) is 8.85. The third-order valence-corrected chi connectivity index (χ3v) is 2.17. The van der Waals surface area contributed by atoms with Crippen LogP contribution in [0.2, 0.25) is 0 Å².